The van der Waals surface area contributed by atoms with E-state index in [2.05, 4.69) is 4.74 Å². The van der Waals surface area contributed by atoms with Crippen LogP contribution in [0.3, 0.4) is 0 Å². The van der Waals surface area contributed by atoms with E-state index in [4.69, 9.17) is 9.47 Å². The highest BCUT2D eigenvalue weighted by molar-refractivity contribution is 5.76. The molecule has 1 rings (SSSR count). The lowest BCUT2D eigenvalue weighted by atomic mass is 10.2. The maximum atomic E-state index is 12.2. The zero-order valence-electron chi connectivity index (χ0n) is 9.65. The number of hydrogen-bond donors (Lipinski definition) is 0. The summed E-state index contributed by atoms with van der Waals surface area (Å²) >= 11 is 0. The molecule has 1 aromatic carbocycles. The molecule has 0 saturated heterocycles. The van der Waals surface area contributed by atoms with Crippen molar-refractivity contribution in [3.05, 3.63) is 35.9 Å². The van der Waals surface area contributed by atoms with E-state index in [1.807, 2.05) is 0 Å². The van der Waals surface area contributed by atoms with Crippen molar-refractivity contribution in [2.45, 2.75) is 12.1 Å². The van der Waals surface area contributed by atoms with E-state index < -0.39 is 18.1 Å². The van der Waals surface area contributed by atoms with Crippen LogP contribution in [0.1, 0.15) is 5.56 Å². The Morgan fingerprint density at radius 1 is 1.06 bits per heavy atom. The summed E-state index contributed by atoms with van der Waals surface area (Å²) in [5.74, 6) is -4.61. The molecule has 0 N–H and O–H groups in total. The summed E-state index contributed by atoms with van der Waals surface area (Å²) in [6, 6.07) is 7.56. The van der Waals surface area contributed by atoms with Crippen molar-refractivity contribution in [2.24, 2.45) is 0 Å². The fourth-order valence-electron chi connectivity index (χ4n) is 1.28. The van der Waals surface area contributed by atoms with Crippen LogP contribution >= 0.6 is 0 Å². The topological polar surface area (TPSA) is 44.8 Å². The second kappa shape index (κ2) is 5.36. The Morgan fingerprint density at radius 3 is 1.94 bits per heavy atom. The average molecular weight is 264 g/mol. The molecule has 0 aliphatic carbocycles. The largest absolute Gasteiger partial charge is 0.491 e. The molecule has 100 valence electrons. The van der Waals surface area contributed by atoms with Crippen molar-refractivity contribution in [3.8, 4) is 0 Å². The second-order valence-corrected chi connectivity index (χ2v) is 3.22. The molecular formula is C11H11F3O4. The van der Waals surface area contributed by atoms with Gasteiger partial charge in [0.1, 0.15) is 0 Å². The molecule has 0 unspecified atom stereocenters. The Kier molecular flexibility index (Phi) is 4.31. The molecule has 0 atom stereocenters. The molecule has 0 aromatic heterocycles. The van der Waals surface area contributed by atoms with Gasteiger partial charge in [0.25, 0.3) is 0 Å². The van der Waals surface area contributed by atoms with Gasteiger partial charge in [-0.1, -0.05) is 18.2 Å². The minimum Gasteiger partial charge on any atom is -0.397 e. The molecule has 18 heavy (non-hydrogen) atoms. The number of ether oxygens (including phenoxy) is 3. The lowest BCUT2D eigenvalue weighted by Crippen LogP contribution is -2.40. The van der Waals surface area contributed by atoms with Crippen LogP contribution in [-0.4, -0.2) is 26.4 Å². The summed E-state index contributed by atoms with van der Waals surface area (Å²) < 4.78 is 50.4. The molecular weight excluding hydrogens is 253 g/mol. The Balaban J connectivity index is 3.06. The first-order chi connectivity index (χ1) is 8.35. The number of halogens is 3. The fourth-order valence-corrected chi connectivity index (χ4v) is 1.28. The van der Waals surface area contributed by atoms with E-state index in [0.717, 1.165) is 14.2 Å². The van der Waals surface area contributed by atoms with Gasteiger partial charge in [-0.05, 0) is 12.1 Å². The number of hydrogen-bond acceptors (Lipinski definition) is 4. The molecule has 0 bridgehead atoms. The van der Waals surface area contributed by atoms with Gasteiger partial charge in [0.2, 0.25) is 0 Å². The van der Waals surface area contributed by atoms with Gasteiger partial charge in [0.05, 0.1) is 5.56 Å². The Bertz CT molecular complexity index is 398. The summed E-state index contributed by atoms with van der Waals surface area (Å²) in [6.07, 6.45) is -5.13. The number of esters is 1. The number of carbonyl (C=O) groups excluding carboxylic acids is 1. The SMILES string of the molecule is COC(OC)(OC(=O)C(F)(F)F)c1ccccc1. The second-order valence-electron chi connectivity index (χ2n) is 3.22. The van der Waals surface area contributed by atoms with Crippen molar-refractivity contribution in [1.29, 1.82) is 0 Å². The standard InChI is InChI=1S/C11H11F3O4/c1-16-11(17-2,8-6-4-3-5-7-8)18-9(15)10(12,13)14/h3-7H,1-2H3. The number of rotatable bonds is 4. The smallest absolute Gasteiger partial charge is 0.397 e. The van der Waals surface area contributed by atoms with Gasteiger partial charge in [-0.3, -0.25) is 0 Å². The van der Waals surface area contributed by atoms with Crippen molar-refractivity contribution in [2.75, 3.05) is 14.2 Å². The van der Waals surface area contributed by atoms with Crippen LogP contribution in [0.5, 0.6) is 0 Å². The summed E-state index contributed by atoms with van der Waals surface area (Å²) in [7, 11) is 2.14. The van der Waals surface area contributed by atoms with Gasteiger partial charge in [0.15, 0.2) is 0 Å². The Hall–Kier alpha value is -1.60. The van der Waals surface area contributed by atoms with Gasteiger partial charge in [-0.15, -0.1) is 0 Å². The van der Waals surface area contributed by atoms with Crippen LogP contribution in [0.4, 0.5) is 13.2 Å². The van der Waals surface area contributed by atoms with Crippen LogP contribution < -0.4 is 0 Å². The first-order valence-corrected chi connectivity index (χ1v) is 4.81. The summed E-state index contributed by atoms with van der Waals surface area (Å²) in [6.45, 7) is 0. The zero-order valence-corrected chi connectivity index (χ0v) is 9.65. The van der Waals surface area contributed by atoms with Crippen LogP contribution in [0.15, 0.2) is 30.3 Å². The highest BCUT2D eigenvalue weighted by Crippen LogP contribution is 2.30. The van der Waals surface area contributed by atoms with Gasteiger partial charge >= 0.3 is 18.1 Å². The van der Waals surface area contributed by atoms with Crippen LogP contribution in [0, 0.1) is 0 Å². The number of carbonyl (C=O) groups is 1. The number of methoxy groups -OCH3 is 2. The molecule has 0 aliphatic rings. The van der Waals surface area contributed by atoms with E-state index in [1.165, 1.54) is 12.1 Å². The minimum atomic E-state index is -5.13. The first-order valence-electron chi connectivity index (χ1n) is 4.81. The van der Waals surface area contributed by atoms with E-state index in [-0.39, 0.29) is 5.56 Å². The quantitative estimate of drug-likeness (QED) is 0.617. The Morgan fingerprint density at radius 2 is 1.56 bits per heavy atom. The third-order valence-corrected chi connectivity index (χ3v) is 2.12. The highest BCUT2D eigenvalue weighted by atomic mass is 19.4. The molecule has 0 aliphatic heterocycles. The number of alkyl halides is 3. The minimum absolute atomic E-state index is 0.132. The molecule has 0 heterocycles. The normalized spacial score (nSPS) is 12.3. The van der Waals surface area contributed by atoms with Crippen LogP contribution in [-0.2, 0) is 25.0 Å². The maximum Gasteiger partial charge on any atom is 0.491 e. The lowest BCUT2D eigenvalue weighted by Gasteiger charge is -2.30. The van der Waals surface area contributed by atoms with E-state index in [1.54, 1.807) is 18.2 Å². The van der Waals surface area contributed by atoms with E-state index in [0.29, 0.717) is 0 Å². The number of benzene rings is 1. The highest BCUT2D eigenvalue weighted by Gasteiger charge is 2.48. The molecule has 4 nitrogen and oxygen atoms in total. The molecule has 0 spiro atoms. The third-order valence-electron chi connectivity index (χ3n) is 2.12. The average Bonchev–Trinajstić information content (AvgIpc) is 2.35. The van der Waals surface area contributed by atoms with Crippen molar-refractivity contribution < 1.29 is 32.2 Å². The Labute approximate surface area is 101 Å². The predicted molar refractivity (Wildman–Crippen MR) is 54.3 cm³/mol. The van der Waals surface area contributed by atoms with Crippen molar-refractivity contribution >= 4 is 5.97 Å². The molecule has 7 heteroatoms. The van der Waals surface area contributed by atoms with Crippen molar-refractivity contribution in [1.82, 2.24) is 0 Å². The summed E-state index contributed by atoms with van der Waals surface area (Å²) in [4.78, 5) is 10.9. The van der Waals surface area contributed by atoms with Crippen LogP contribution in [0.2, 0.25) is 0 Å². The van der Waals surface area contributed by atoms with Crippen LogP contribution in [0.25, 0.3) is 0 Å². The first kappa shape index (κ1) is 14.5. The van der Waals surface area contributed by atoms with Crippen molar-refractivity contribution in [3.63, 3.8) is 0 Å². The van der Waals surface area contributed by atoms with Gasteiger partial charge < -0.3 is 14.2 Å². The van der Waals surface area contributed by atoms with Gasteiger partial charge in [-0.2, -0.15) is 13.2 Å². The molecule has 0 fully saturated rings. The summed E-state index contributed by atoms with van der Waals surface area (Å²) in [5.41, 5.74) is 0.132. The fraction of sp³-hybridized carbons (Fsp3) is 0.364. The maximum absolute atomic E-state index is 12.2. The van der Waals surface area contributed by atoms with Gasteiger partial charge in [0, 0.05) is 14.2 Å². The lowest BCUT2D eigenvalue weighted by molar-refractivity contribution is -0.365. The van der Waals surface area contributed by atoms with E-state index in [9.17, 15) is 18.0 Å². The third kappa shape index (κ3) is 2.99. The predicted octanol–water partition coefficient (Wildman–Crippen LogP) is 2.20. The molecule has 1 aromatic rings. The molecule has 0 amide bonds. The van der Waals surface area contributed by atoms with E-state index >= 15 is 0 Å². The monoisotopic (exact) mass is 264 g/mol. The molecule has 0 radical (unpaired) electrons. The van der Waals surface area contributed by atoms with Gasteiger partial charge in [-0.25, -0.2) is 4.79 Å². The summed E-state index contributed by atoms with van der Waals surface area (Å²) in [5, 5.41) is 0. The molecule has 0 saturated carbocycles. The zero-order chi connectivity index (χ0) is 13.8.